The molecule has 2 unspecified atom stereocenters. The molecular formula is C14H21NO. The fourth-order valence-electron chi connectivity index (χ4n) is 2.78. The molecule has 0 radical (unpaired) electrons. The molecule has 0 saturated carbocycles. The SMILES string of the molecule is CC(=O)C1CCC(C2=CCCC=C2)N(C)C1. The predicted octanol–water partition coefficient (Wildman–Crippen LogP) is 2.56. The number of hydrogen-bond acceptors (Lipinski definition) is 2. The molecule has 0 spiro atoms. The lowest BCUT2D eigenvalue weighted by molar-refractivity contribution is -0.122. The Morgan fingerprint density at radius 3 is 2.75 bits per heavy atom. The van der Waals surface area contributed by atoms with Gasteiger partial charge in [0, 0.05) is 18.5 Å². The molecule has 1 aliphatic heterocycles. The Morgan fingerprint density at radius 1 is 1.38 bits per heavy atom. The number of hydrogen-bond donors (Lipinski definition) is 0. The molecule has 16 heavy (non-hydrogen) atoms. The van der Waals surface area contributed by atoms with E-state index >= 15 is 0 Å². The number of ketones is 1. The fourth-order valence-corrected chi connectivity index (χ4v) is 2.78. The van der Waals surface area contributed by atoms with E-state index in [1.807, 2.05) is 0 Å². The number of likely N-dealkylation sites (N-methyl/N-ethyl adjacent to an activating group) is 1. The molecule has 2 atom stereocenters. The third-order valence-electron chi connectivity index (χ3n) is 3.81. The smallest absolute Gasteiger partial charge is 0.134 e. The van der Waals surface area contributed by atoms with Gasteiger partial charge >= 0.3 is 0 Å². The predicted molar refractivity (Wildman–Crippen MR) is 66.3 cm³/mol. The van der Waals surface area contributed by atoms with Gasteiger partial charge in [0.05, 0.1) is 0 Å². The molecule has 1 saturated heterocycles. The van der Waals surface area contributed by atoms with Gasteiger partial charge < -0.3 is 0 Å². The molecule has 0 bridgehead atoms. The van der Waals surface area contributed by atoms with E-state index in [0.717, 1.165) is 19.4 Å². The zero-order chi connectivity index (χ0) is 11.5. The average molecular weight is 219 g/mol. The van der Waals surface area contributed by atoms with E-state index in [9.17, 15) is 4.79 Å². The van der Waals surface area contributed by atoms with Crippen LogP contribution in [-0.4, -0.2) is 30.3 Å². The molecular weight excluding hydrogens is 198 g/mol. The van der Waals surface area contributed by atoms with Crippen molar-refractivity contribution >= 4 is 5.78 Å². The molecule has 2 rings (SSSR count). The van der Waals surface area contributed by atoms with Gasteiger partial charge in [-0.3, -0.25) is 9.69 Å². The number of nitrogens with zero attached hydrogens (tertiary/aromatic N) is 1. The van der Waals surface area contributed by atoms with E-state index in [4.69, 9.17) is 0 Å². The van der Waals surface area contributed by atoms with Gasteiger partial charge in [0.25, 0.3) is 0 Å². The summed E-state index contributed by atoms with van der Waals surface area (Å²) in [6, 6.07) is 0.534. The molecule has 0 amide bonds. The summed E-state index contributed by atoms with van der Waals surface area (Å²) in [5.41, 5.74) is 1.45. The number of likely N-dealkylation sites (tertiary alicyclic amines) is 1. The zero-order valence-corrected chi connectivity index (χ0v) is 10.3. The number of allylic oxidation sites excluding steroid dienone is 2. The van der Waals surface area contributed by atoms with E-state index < -0.39 is 0 Å². The molecule has 1 heterocycles. The highest BCUT2D eigenvalue weighted by molar-refractivity contribution is 5.78. The molecule has 0 aromatic heterocycles. The van der Waals surface area contributed by atoms with Crippen molar-refractivity contribution in [1.29, 1.82) is 0 Å². The maximum Gasteiger partial charge on any atom is 0.134 e. The number of carbonyl (C=O) groups is 1. The summed E-state index contributed by atoms with van der Waals surface area (Å²) in [4.78, 5) is 13.7. The van der Waals surface area contributed by atoms with Gasteiger partial charge in [-0.1, -0.05) is 18.2 Å². The Morgan fingerprint density at radius 2 is 2.19 bits per heavy atom. The van der Waals surface area contributed by atoms with Crippen LogP contribution in [0, 0.1) is 5.92 Å². The third-order valence-corrected chi connectivity index (χ3v) is 3.81. The first kappa shape index (κ1) is 11.6. The third kappa shape index (κ3) is 2.43. The van der Waals surface area contributed by atoms with Gasteiger partial charge in [0.2, 0.25) is 0 Å². The molecule has 88 valence electrons. The van der Waals surface area contributed by atoms with Gasteiger partial charge in [0.15, 0.2) is 0 Å². The van der Waals surface area contributed by atoms with Crippen LogP contribution in [-0.2, 0) is 4.79 Å². The van der Waals surface area contributed by atoms with Crippen molar-refractivity contribution in [3.05, 3.63) is 23.8 Å². The van der Waals surface area contributed by atoms with Crippen molar-refractivity contribution in [3.63, 3.8) is 0 Å². The number of piperidine rings is 1. The highest BCUT2D eigenvalue weighted by atomic mass is 16.1. The second-order valence-corrected chi connectivity index (χ2v) is 5.02. The summed E-state index contributed by atoms with van der Waals surface area (Å²) in [5.74, 6) is 0.605. The summed E-state index contributed by atoms with van der Waals surface area (Å²) in [6.45, 7) is 2.64. The zero-order valence-electron chi connectivity index (χ0n) is 10.3. The van der Waals surface area contributed by atoms with Crippen LogP contribution >= 0.6 is 0 Å². The summed E-state index contributed by atoms with van der Waals surface area (Å²) in [5, 5.41) is 0. The van der Waals surface area contributed by atoms with E-state index in [1.165, 1.54) is 18.4 Å². The van der Waals surface area contributed by atoms with Crippen molar-refractivity contribution in [2.75, 3.05) is 13.6 Å². The molecule has 2 heteroatoms. The Balaban J connectivity index is 2.01. The van der Waals surface area contributed by atoms with Crippen LogP contribution in [0.1, 0.15) is 32.6 Å². The summed E-state index contributed by atoms with van der Waals surface area (Å²) >= 11 is 0. The fraction of sp³-hybridized carbons (Fsp3) is 0.643. The van der Waals surface area contributed by atoms with Crippen LogP contribution in [0.3, 0.4) is 0 Å². The number of rotatable bonds is 2. The molecule has 1 fully saturated rings. The van der Waals surface area contributed by atoms with Crippen LogP contribution in [0.5, 0.6) is 0 Å². The molecule has 0 aromatic carbocycles. The van der Waals surface area contributed by atoms with Crippen molar-refractivity contribution in [1.82, 2.24) is 4.90 Å². The number of carbonyl (C=O) groups excluding carboxylic acids is 1. The second-order valence-electron chi connectivity index (χ2n) is 5.02. The minimum absolute atomic E-state index is 0.259. The standard InChI is InChI=1S/C14H21NO/c1-11(16)13-8-9-14(15(2)10-13)12-6-4-3-5-7-12/h4,6-7,13-14H,3,5,8-10H2,1-2H3. The normalized spacial score (nSPS) is 31.2. The lowest BCUT2D eigenvalue weighted by atomic mass is 9.86. The minimum atomic E-state index is 0.259. The molecule has 0 N–H and O–H groups in total. The number of Topliss-reactive ketones (excluding diaryl/α,β-unsaturated/α-hetero) is 1. The topological polar surface area (TPSA) is 20.3 Å². The van der Waals surface area contributed by atoms with Crippen LogP contribution in [0.25, 0.3) is 0 Å². The molecule has 1 aliphatic carbocycles. The first-order valence-electron chi connectivity index (χ1n) is 6.26. The van der Waals surface area contributed by atoms with Crippen LogP contribution < -0.4 is 0 Å². The van der Waals surface area contributed by atoms with E-state index in [2.05, 4.69) is 30.2 Å². The summed E-state index contributed by atoms with van der Waals surface area (Å²) < 4.78 is 0. The lowest BCUT2D eigenvalue weighted by Gasteiger charge is -2.37. The molecule has 0 aromatic rings. The Kier molecular flexibility index (Phi) is 3.59. The van der Waals surface area contributed by atoms with E-state index in [-0.39, 0.29) is 5.92 Å². The Hall–Kier alpha value is -0.890. The maximum atomic E-state index is 11.4. The quantitative estimate of drug-likeness (QED) is 0.711. The lowest BCUT2D eigenvalue weighted by Crippen LogP contribution is -2.43. The van der Waals surface area contributed by atoms with Crippen LogP contribution in [0.4, 0.5) is 0 Å². The van der Waals surface area contributed by atoms with Gasteiger partial charge in [-0.25, -0.2) is 0 Å². The first-order valence-corrected chi connectivity index (χ1v) is 6.26. The summed E-state index contributed by atoms with van der Waals surface area (Å²) in [7, 11) is 2.14. The van der Waals surface area contributed by atoms with Gasteiger partial charge in [-0.05, 0) is 45.2 Å². The largest absolute Gasteiger partial charge is 0.300 e. The van der Waals surface area contributed by atoms with Gasteiger partial charge in [0.1, 0.15) is 5.78 Å². The summed E-state index contributed by atoms with van der Waals surface area (Å²) in [6.07, 6.45) is 11.4. The Bertz CT molecular complexity index is 330. The monoisotopic (exact) mass is 219 g/mol. The van der Waals surface area contributed by atoms with Crippen LogP contribution in [0.15, 0.2) is 23.8 Å². The van der Waals surface area contributed by atoms with Crippen molar-refractivity contribution in [2.24, 2.45) is 5.92 Å². The molecule has 2 aliphatic rings. The van der Waals surface area contributed by atoms with E-state index in [0.29, 0.717) is 11.8 Å². The minimum Gasteiger partial charge on any atom is -0.300 e. The van der Waals surface area contributed by atoms with Gasteiger partial charge in [-0.15, -0.1) is 0 Å². The van der Waals surface area contributed by atoms with E-state index in [1.54, 1.807) is 6.92 Å². The van der Waals surface area contributed by atoms with Gasteiger partial charge in [-0.2, -0.15) is 0 Å². The Labute approximate surface area is 98.0 Å². The highest BCUT2D eigenvalue weighted by Gasteiger charge is 2.29. The van der Waals surface area contributed by atoms with Crippen molar-refractivity contribution in [3.8, 4) is 0 Å². The first-order chi connectivity index (χ1) is 7.68. The van der Waals surface area contributed by atoms with Crippen LogP contribution in [0.2, 0.25) is 0 Å². The highest BCUT2D eigenvalue weighted by Crippen LogP contribution is 2.28. The van der Waals surface area contributed by atoms with Crippen molar-refractivity contribution < 1.29 is 4.79 Å². The second kappa shape index (κ2) is 4.96. The average Bonchev–Trinajstić information content (AvgIpc) is 2.30. The maximum absolute atomic E-state index is 11.4. The van der Waals surface area contributed by atoms with Crippen molar-refractivity contribution in [2.45, 2.75) is 38.6 Å². The molecule has 2 nitrogen and oxygen atoms in total.